The maximum absolute atomic E-state index is 10.8. The lowest BCUT2D eigenvalue weighted by Gasteiger charge is -2.20. The summed E-state index contributed by atoms with van der Waals surface area (Å²) in [4.78, 5) is 32.3. The third kappa shape index (κ3) is 2.92. The lowest BCUT2D eigenvalue weighted by atomic mass is 10.3. The molecule has 1 rings (SSSR count). The molecule has 0 fully saturated rings. The van der Waals surface area contributed by atoms with Crippen LogP contribution < -0.4 is 5.43 Å². The zero-order valence-electron chi connectivity index (χ0n) is 6.83. The first-order valence-electron chi connectivity index (χ1n) is 3.38. The molecule has 0 bridgehead atoms. The Kier molecular flexibility index (Phi) is 3.67. The number of nitrogens with one attached hydrogen (secondary N) is 1. The first-order valence-corrected chi connectivity index (χ1v) is 4.51. The Morgan fingerprint density at radius 2 is 1.80 bits per heavy atom. The van der Waals surface area contributed by atoms with Gasteiger partial charge in [-0.1, -0.05) is 0 Å². The molecule has 0 radical (unpaired) electrons. The van der Waals surface area contributed by atoms with Crippen LogP contribution in [0.25, 0.3) is 0 Å². The number of hydrazone groups is 1. The highest BCUT2D eigenvalue weighted by molar-refractivity contribution is 6.83. The third-order valence-corrected chi connectivity index (χ3v) is 1.85. The van der Waals surface area contributed by atoms with Crippen molar-refractivity contribution >= 4 is 56.4 Å². The summed E-state index contributed by atoms with van der Waals surface area (Å²) in [5.74, 6) is 0. The van der Waals surface area contributed by atoms with E-state index in [2.05, 4.69) is 10.5 Å². The van der Waals surface area contributed by atoms with Crippen molar-refractivity contribution in [3.8, 4) is 0 Å². The topological polar surface area (TPSA) is 78.8 Å². The fraction of sp³-hybridized carbons (Fsp3) is 0. The van der Waals surface area contributed by atoms with Crippen molar-refractivity contribution in [2.45, 2.75) is 0 Å². The van der Waals surface area contributed by atoms with E-state index in [9.17, 15) is 14.4 Å². The van der Waals surface area contributed by atoms with Crippen LogP contribution in [0.2, 0.25) is 0 Å². The molecule has 0 aromatic carbocycles. The summed E-state index contributed by atoms with van der Waals surface area (Å²) in [5.41, 5.74) is 1.61. The Morgan fingerprint density at radius 1 is 1.20 bits per heavy atom. The number of allylic oxidation sites excluding steroid dienone is 2. The molecule has 1 heterocycles. The summed E-state index contributed by atoms with van der Waals surface area (Å²) < 4.78 is 0. The van der Waals surface area contributed by atoms with Gasteiger partial charge in [-0.3, -0.25) is 19.8 Å². The van der Waals surface area contributed by atoms with E-state index in [4.69, 9.17) is 34.8 Å². The van der Waals surface area contributed by atoms with Crippen molar-refractivity contribution < 1.29 is 14.4 Å². The number of amides is 1. The smallest absolute Gasteiger partial charge is 0.274 e. The van der Waals surface area contributed by atoms with Crippen LogP contribution >= 0.6 is 34.8 Å². The number of hydrogen-bond donors (Lipinski definition) is 1. The molecule has 0 aliphatic carbocycles. The largest absolute Gasteiger partial charge is 0.356 e. The molecule has 9 heteroatoms. The van der Waals surface area contributed by atoms with Gasteiger partial charge in [0.15, 0.2) is 0 Å². The predicted molar refractivity (Wildman–Crippen MR) is 53.5 cm³/mol. The average Bonchev–Trinajstić information content (AvgIpc) is 2.16. The van der Waals surface area contributed by atoms with Gasteiger partial charge in [-0.25, -0.2) is 0 Å². The highest BCUT2D eigenvalue weighted by atomic mass is 35.5. The minimum absolute atomic E-state index is 0.232. The molecule has 6 nitrogen and oxygen atoms in total. The molecule has 1 amide bonds. The molecular formula is C6H2Cl3N3O3. The normalized spacial score (nSPS) is 15.0. The molecular weight excluding hydrogens is 268 g/mol. The van der Waals surface area contributed by atoms with Crippen LogP contribution in [0.4, 0.5) is 4.79 Å². The van der Waals surface area contributed by atoms with Crippen LogP contribution in [-0.2, 0) is 9.59 Å². The predicted octanol–water partition coefficient (Wildman–Crippen LogP) is 0.936. The number of hydrogen-bond acceptors (Lipinski definition) is 5. The Morgan fingerprint density at radius 3 is 2.20 bits per heavy atom. The summed E-state index contributed by atoms with van der Waals surface area (Å²) >= 11 is 15.3. The minimum Gasteiger partial charge on any atom is -0.274 e. The number of carbonyl (C=O) groups excluding carboxylic acids is 3. The molecule has 0 spiro atoms. The lowest BCUT2D eigenvalue weighted by molar-refractivity contribution is -0.109. The molecule has 0 unspecified atom stereocenters. The maximum Gasteiger partial charge on any atom is 0.356 e. The fourth-order valence-electron chi connectivity index (χ4n) is 0.725. The first-order chi connectivity index (χ1) is 6.91. The van der Waals surface area contributed by atoms with Gasteiger partial charge >= 0.3 is 5.37 Å². The molecule has 0 atom stereocenters. The van der Waals surface area contributed by atoms with Crippen molar-refractivity contribution in [1.82, 2.24) is 10.5 Å². The van der Waals surface area contributed by atoms with Crippen molar-refractivity contribution in [2.75, 3.05) is 0 Å². The van der Waals surface area contributed by atoms with Gasteiger partial charge in [0.1, 0.15) is 11.4 Å². The molecule has 15 heavy (non-hydrogen) atoms. The zero-order valence-corrected chi connectivity index (χ0v) is 9.10. The van der Waals surface area contributed by atoms with Gasteiger partial charge in [0.2, 0.25) is 0 Å². The van der Waals surface area contributed by atoms with Crippen molar-refractivity contribution in [3.05, 3.63) is 11.8 Å². The quantitative estimate of drug-likeness (QED) is 0.598. The van der Waals surface area contributed by atoms with Crippen molar-refractivity contribution in [2.24, 2.45) is 5.10 Å². The first kappa shape index (κ1) is 12.0. The van der Waals surface area contributed by atoms with E-state index in [1.165, 1.54) is 0 Å². The molecule has 1 aliphatic heterocycles. The van der Waals surface area contributed by atoms with Gasteiger partial charge in [-0.15, -0.1) is 10.2 Å². The van der Waals surface area contributed by atoms with Gasteiger partial charge in [0.25, 0.3) is 10.5 Å². The number of rotatable bonds is 2. The molecule has 80 valence electrons. The Hall–Kier alpha value is -1.11. The highest BCUT2D eigenvalue weighted by Gasteiger charge is 2.23. The number of nitrogens with zero attached hydrogens (tertiary/aromatic N) is 2. The monoisotopic (exact) mass is 269 g/mol. The van der Waals surface area contributed by atoms with E-state index in [0.717, 1.165) is 6.08 Å². The van der Waals surface area contributed by atoms with Crippen LogP contribution in [0.3, 0.4) is 0 Å². The van der Waals surface area contributed by atoms with Crippen molar-refractivity contribution in [3.63, 3.8) is 0 Å². The summed E-state index contributed by atoms with van der Waals surface area (Å²) in [6, 6.07) is 0. The molecule has 0 aromatic heterocycles. The number of carbonyl (C=O) groups is 3. The molecule has 1 N–H and O–H groups in total. The standard InChI is InChI=1S/C6H2Cl3N3O3/c7-4(13)2-1-3(5(8)14)11-12(10-2)6(9)15/h1,10H. The van der Waals surface area contributed by atoms with Gasteiger partial charge in [0, 0.05) is 6.08 Å². The van der Waals surface area contributed by atoms with Crippen LogP contribution in [0, 0.1) is 0 Å². The van der Waals surface area contributed by atoms with E-state index in [1.54, 1.807) is 0 Å². The van der Waals surface area contributed by atoms with E-state index in [0.29, 0.717) is 5.12 Å². The van der Waals surface area contributed by atoms with E-state index < -0.39 is 15.9 Å². The van der Waals surface area contributed by atoms with Gasteiger partial charge in [-0.05, 0) is 34.8 Å². The van der Waals surface area contributed by atoms with Gasteiger partial charge in [-0.2, -0.15) is 0 Å². The summed E-state index contributed by atoms with van der Waals surface area (Å²) in [6.45, 7) is 0. The molecule has 0 aromatic rings. The second kappa shape index (κ2) is 4.61. The van der Waals surface area contributed by atoms with E-state index in [1.807, 2.05) is 0 Å². The SMILES string of the molecule is O=C(Cl)C1=CC(C(=O)Cl)=NN(C(=O)Cl)N1. The zero-order chi connectivity index (χ0) is 11.6. The minimum atomic E-state index is -1.05. The van der Waals surface area contributed by atoms with Crippen LogP contribution in [-0.4, -0.2) is 26.7 Å². The Balaban J connectivity index is 3.07. The lowest BCUT2D eigenvalue weighted by Crippen LogP contribution is -2.41. The number of hydrazine groups is 1. The summed E-state index contributed by atoms with van der Waals surface area (Å²) in [7, 11) is 0. The van der Waals surface area contributed by atoms with Gasteiger partial charge < -0.3 is 0 Å². The Labute approximate surface area is 98.4 Å². The third-order valence-electron chi connectivity index (χ3n) is 1.29. The van der Waals surface area contributed by atoms with E-state index in [-0.39, 0.29) is 11.4 Å². The van der Waals surface area contributed by atoms with Crippen LogP contribution in [0.15, 0.2) is 16.9 Å². The van der Waals surface area contributed by atoms with Crippen molar-refractivity contribution in [1.29, 1.82) is 0 Å². The van der Waals surface area contributed by atoms with Crippen LogP contribution in [0.1, 0.15) is 0 Å². The summed E-state index contributed by atoms with van der Waals surface area (Å²) in [6.07, 6.45) is 1.00. The second-order valence-electron chi connectivity index (χ2n) is 2.27. The molecule has 0 saturated heterocycles. The Bertz CT molecular complexity index is 404. The summed E-state index contributed by atoms with van der Waals surface area (Å²) in [5, 5.41) is 0.957. The van der Waals surface area contributed by atoms with E-state index >= 15 is 0 Å². The molecule has 0 saturated carbocycles. The second-order valence-corrected chi connectivity index (χ2v) is 3.28. The maximum atomic E-state index is 10.8. The average molecular weight is 270 g/mol. The van der Waals surface area contributed by atoms with Gasteiger partial charge in [0.05, 0.1) is 0 Å². The van der Waals surface area contributed by atoms with Crippen LogP contribution in [0.5, 0.6) is 0 Å². The highest BCUT2D eigenvalue weighted by Crippen LogP contribution is 2.09. The number of halogens is 3. The fourth-order valence-corrected chi connectivity index (χ4v) is 0.994. The molecule has 1 aliphatic rings.